The molecule has 0 saturated carbocycles. The van der Waals surface area contributed by atoms with Gasteiger partial charge in [0.05, 0.1) is 13.2 Å². The van der Waals surface area contributed by atoms with Gasteiger partial charge >= 0.3 is 0 Å². The molecule has 1 aromatic heterocycles. The van der Waals surface area contributed by atoms with Crippen LogP contribution in [0.5, 0.6) is 11.5 Å². The van der Waals surface area contributed by atoms with Crippen molar-refractivity contribution in [3.05, 3.63) is 36.4 Å². The molecule has 0 aliphatic heterocycles. The number of hydrogen-bond donors (Lipinski definition) is 1. The van der Waals surface area contributed by atoms with Crippen LogP contribution >= 0.6 is 0 Å². The molecule has 0 fully saturated rings. The van der Waals surface area contributed by atoms with Gasteiger partial charge in [0.1, 0.15) is 24.2 Å². The Hall–Kier alpha value is -2.57. The number of ether oxygens (including phenoxy) is 2. The first kappa shape index (κ1) is 41.6. The lowest BCUT2D eigenvalue weighted by molar-refractivity contribution is 0.101. The van der Waals surface area contributed by atoms with Gasteiger partial charge in [0.2, 0.25) is 0 Å². The van der Waals surface area contributed by atoms with Crippen molar-refractivity contribution in [2.75, 3.05) is 18.6 Å². The van der Waals surface area contributed by atoms with E-state index in [4.69, 9.17) is 9.47 Å². The second kappa shape index (κ2) is 30.5. The molecule has 0 saturated heterocycles. The topological polar surface area (TPSA) is 78.3 Å². The summed E-state index contributed by atoms with van der Waals surface area (Å²) in [6.45, 7) is 5.86. The van der Waals surface area contributed by atoms with E-state index in [1.54, 1.807) is 12.1 Å². The van der Waals surface area contributed by atoms with Crippen LogP contribution in [0.3, 0.4) is 0 Å². The molecule has 2 aromatic rings. The Morgan fingerprint density at radius 2 is 0.812 bits per heavy atom. The first-order valence-corrected chi connectivity index (χ1v) is 20.3. The van der Waals surface area contributed by atoms with Gasteiger partial charge in [-0.2, -0.15) is 0 Å². The van der Waals surface area contributed by atoms with Crippen molar-refractivity contribution in [3.8, 4) is 11.5 Å². The predicted molar refractivity (Wildman–Crippen MR) is 202 cm³/mol. The lowest BCUT2D eigenvalue weighted by atomic mass is 10.0. The van der Waals surface area contributed by atoms with Gasteiger partial charge in [-0.05, 0) is 25.0 Å². The van der Waals surface area contributed by atoms with E-state index < -0.39 is 0 Å². The summed E-state index contributed by atoms with van der Waals surface area (Å²) in [6, 6.07) is 5.51. The molecule has 0 radical (unpaired) electrons. The van der Waals surface area contributed by atoms with Crippen LogP contribution in [-0.4, -0.2) is 34.0 Å². The minimum absolute atomic E-state index is 0.252. The average molecular weight is 669 g/mol. The van der Waals surface area contributed by atoms with Crippen LogP contribution in [0, 0.1) is 0 Å². The Bertz CT molecular complexity index is 945. The highest BCUT2D eigenvalue weighted by atomic mass is 16.5. The molecule has 0 spiro atoms. The maximum atomic E-state index is 12.9. The monoisotopic (exact) mass is 669 g/mol. The third-order valence-electron chi connectivity index (χ3n) is 9.32. The summed E-state index contributed by atoms with van der Waals surface area (Å²) in [6.07, 6.45) is 40.3. The number of rotatable bonds is 34. The molecular formula is C41H72N4O3. The molecule has 1 N–H and O–H groups in total. The molecule has 1 amide bonds. The van der Waals surface area contributed by atoms with E-state index in [1.807, 2.05) is 6.07 Å². The quantitative estimate of drug-likeness (QED) is 0.0751. The number of carbonyl (C=O) groups excluding carboxylic acids is 1. The van der Waals surface area contributed by atoms with E-state index in [0.717, 1.165) is 12.8 Å². The van der Waals surface area contributed by atoms with Crippen molar-refractivity contribution in [1.29, 1.82) is 0 Å². The highest BCUT2D eigenvalue weighted by Crippen LogP contribution is 2.24. The molecule has 7 nitrogen and oxygen atoms in total. The van der Waals surface area contributed by atoms with Gasteiger partial charge in [0.25, 0.3) is 5.91 Å². The van der Waals surface area contributed by atoms with Crippen molar-refractivity contribution >= 4 is 5.91 Å². The van der Waals surface area contributed by atoms with Gasteiger partial charge in [0, 0.05) is 11.6 Å². The zero-order chi connectivity index (χ0) is 34.2. The van der Waals surface area contributed by atoms with Crippen molar-refractivity contribution < 1.29 is 14.3 Å². The number of amides is 1. The van der Waals surface area contributed by atoms with E-state index in [9.17, 15) is 4.79 Å². The van der Waals surface area contributed by atoms with Gasteiger partial charge in [-0.3, -0.25) is 10.2 Å². The largest absolute Gasteiger partial charge is 0.493 e. The van der Waals surface area contributed by atoms with Gasteiger partial charge in [-0.15, -0.1) is 10.2 Å². The Kier molecular flexibility index (Phi) is 26.4. The molecule has 0 bridgehead atoms. The predicted octanol–water partition coefficient (Wildman–Crippen LogP) is 12.4. The van der Waals surface area contributed by atoms with Crippen LogP contribution in [-0.2, 0) is 0 Å². The molecule has 7 heteroatoms. The maximum absolute atomic E-state index is 12.9. The summed E-state index contributed by atoms with van der Waals surface area (Å²) in [4.78, 5) is 12.9. The van der Waals surface area contributed by atoms with Gasteiger partial charge in [-0.1, -0.05) is 181 Å². The highest BCUT2D eigenvalue weighted by molar-refractivity contribution is 6.00. The van der Waals surface area contributed by atoms with E-state index in [1.165, 1.54) is 184 Å². The SMILES string of the molecule is CCCCCCCCCCCCCCCCOc1cc(OCCCCCCCCCCCCCCCC)cc(C(=O)Nn2cnnc2)c1. The van der Waals surface area contributed by atoms with Crippen LogP contribution in [0.25, 0.3) is 0 Å². The maximum Gasteiger partial charge on any atom is 0.270 e. The van der Waals surface area contributed by atoms with Crippen LogP contribution in [0.4, 0.5) is 0 Å². The molecular weight excluding hydrogens is 596 g/mol. The third kappa shape index (κ3) is 22.9. The Balaban J connectivity index is 1.60. The molecule has 1 heterocycles. The first-order chi connectivity index (χ1) is 23.7. The number of unbranched alkanes of at least 4 members (excludes halogenated alkanes) is 26. The van der Waals surface area contributed by atoms with Gasteiger partial charge in [0.15, 0.2) is 0 Å². The fourth-order valence-corrected chi connectivity index (χ4v) is 6.28. The zero-order valence-corrected chi connectivity index (χ0v) is 31.2. The summed E-state index contributed by atoms with van der Waals surface area (Å²) in [7, 11) is 0. The molecule has 0 aliphatic rings. The Morgan fingerprint density at radius 1 is 0.500 bits per heavy atom. The number of benzene rings is 1. The summed E-state index contributed by atoms with van der Waals surface area (Å²) in [5.41, 5.74) is 3.28. The molecule has 0 unspecified atom stereocenters. The van der Waals surface area contributed by atoms with Crippen LogP contribution in [0.1, 0.15) is 204 Å². The summed E-state index contributed by atoms with van der Waals surface area (Å²) < 4.78 is 13.7. The lowest BCUT2D eigenvalue weighted by Crippen LogP contribution is -2.21. The third-order valence-corrected chi connectivity index (χ3v) is 9.32. The van der Waals surface area contributed by atoms with E-state index in [-0.39, 0.29) is 5.91 Å². The average Bonchev–Trinajstić information content (AvgIpc) is 3.61. The fraction of sp³-hybridized carbons (Fsp3) is 0.780. The molecule has 48 heavy (non-hydrogen) atoms. The normalized spacial score (nSPS) is 11.2. The van der Waals surface area contributed by atoms with Crippen LogP contribution in [0.2, 0.25) is 0 Å². The van der Waals surface area contributed by atoms with Crippen molar-refractivity contribution in [1.82, 2.24) is 14.9 Å². The molecule has 1 aromatic carbocycles. The molecule has 274 valence electrons. The lowest BCUT2D eigenvalue weighted by Gasteiger charge is -2.13. The number of nitrogens with zero attached hydrogens (tertiary/aromatic N) is 3. The molecule has 0 atom stereocenters. The summed E-state index contributed by atoms with van der Waals surface area (Å²) >= 11 is 0. The molecule has 2 rings (SSSR count). The minimum Gasteiger partial charge on any atom is -0.493 e. The smallest absolute Gasteiger partial charge is 0.270 e. The van der Waals surface area contributed by atoms with Crippen LogP contribution < -0.4 is 14.9 Å². The standard InChI is InChI=1S/C41H72N4O3/c1-3-5-7-9-11-13-15-17-19-21-23-25-27-29-31-47-39-33-38(41(46)44-45-36-42-43-37-45)34-40(35-39)48-32-30-28-26-24-22-20-18-16-14-12-10-8-6-4-2/h33-37H,3-32H2,1-2H3,(H,44,46). The van der Waals surface area contributed by atoms with E-state index in [0.29, 0.717) is 30.3 Å². The second-order valence-corrected chi connectivity index (χ2v) is 13.9. The number of hydrogen-bond acceptors (Lipinski definition) is 5. The Labute approximate surface area is 294 Å². The highest BCUT2D eigenvalue weighted by Gasteiger charge is 2.11. The number of nitrogens with one attached hydrogen (secondary N) is 1. The zero-order valence-electron chi connectivity index (χ0n) is 31.2. The Morgan fingerprint density at radius 3 is 1.15 bits per heavy atom. The van der Waals surface area contributed by atoms with Crippen LogP contribution in [0.15, 0.2) is 30.9 Å². The summed E-state index contributed by atoms with van der Waals surface area (Å²) in [5.74, 6) is 1.10. The van der Waals surface area contributed by atoms with E-state index >= 15 is 0 Å². The molecule has 0 aliphatic carbocycles. The minimum atomic E-state index is -0.252. The van der Waals surface area contributed by atoms with E-state index in [2.05, 4.69) is 29.5 Å². The van der Waals surface area contributed by atoms with Gasteiger partial charge < -0.3 is 9.47 Å². The van der Waals surface area contributed by atoms with Crippen molar-refractivity contribution in [2.45, 2.75) is 194 Å². The van der Waals surface area contributed by atoms with Gasteiger partial charge in [-0.25, -0.2) is 4.68 Å². The van der Waals surface area contributed by atoms with Crippen molar-refractivity contribution in [2.24, 2.45) is 0 Å². The fourth-order valence-electron chi connectivity index (χ4n) is 6.28. The number of carbonyl (C=O) groups is 1. The first-order valence-electron chi connectivity index (χ1n) is 20.3. The number of aromatic nitrogens is 3. The second-order valence-electron chi connectivity index (χ2n) is 13.9. The summed E-state index contributed by atoms with van der Waals surface area (Å²) in [5, 5.41) is 7.52. The van der Waals surface area contributed by atoms with Crippen molar-refractivity contribution in [3.63, 3.8) is 0 Å².